The zero-order valence-corrected chi connectivity index (χ0v) is 10.8. The molecule has 0 aliphatic carbocycles. The Balaban J connectivity index is 2.41. The minimum Gasteiger partial charge on any atom is -0.392 e. The first-order valence-corrected chi connectivity index (χ1v) is 5.95. The Morgan fingerprint density at radius 3 is 2.78 bits per heavy atom. The van der Waals surface area contributed by atoms with Crippen molar-refractivity contribution < 1.29 is 10.0 Å². The summed E-state index contributed by atoms with van der Waals surface area (Å²) < 4.78 is 0. The monoisotopic (exact) mass is 273 g/mol. The zero-order valence-electron chi connectivity index (χ0n) is 10.0. The summed E-state index contributed by atoms with van der Waals surface area (Å²) in [5.41, 5.74) is 0.624. The summed E-state index contributed by atoms with van der Waals surface area (Å²) >= 11 is 5.91. The fourth-order valence-corrected chi connectivity index (χ4v) is 1.60. The van der Waals surface area contributed by atoms with E-state index < -0.39 is 4.92 Å². The number of benzene rings is 1. The number of rotatable bonds is 7. The molecule has 0 bridgehead atoms. The van der Waals surface area contributed by atoms with Crippen molar-refractivity contribution in [2.24, 2.45) is 0 Å². The van der Waals surface area contributed by atoms with Crippen LogP contribution in [0, 0.1) is 10.1 Å². The summed E-state index contributed by atoms with van der Waals surface area (Å²) in [6.07, 6.45) is -0.382. The summed E-state index contributed by atoms with van der Waals surface area (Å²) in [6.45, 7) is 3.51. The van der Waals surface area contributed by atoms with Crippen molar-refractivity contribution in [1.29, 1.82) is 0 Å². The number of nitrogens with one attached hydrogen (secondary N) is 2. The average molecular weight is 274 g/mol. The van der Waals surface area contributed by atoms with Gasteiger partial charge in [0, 0.05) is 31.8 Å². The Morgan fingerprint density at radius 1 is 1.50 bits per heavy atom. The molecule has 0 amide bonds. The first-order chi connectivity index (χ1) is 8.50. The van der Waals surface area contributed by atoms with Crippen molar-refractivity contribution in [2.75, 3.05) is 25.0 Å². The molecule has 100 valence electrons. The van der Waals surface area contributed by atoms with Gasteiger partial charge in [0.05, 0.1) is 21.7 Å². The maximum Gasteiger partial charge on any atom is 0.271 e. The molecule has 0 spiro atoms. The number of non-ortho nitro benzene ring substituents is 1. The van der Waals surface area contributed by atoms with Crippen LogP contribution in [-0.2, 0) is 0 Å². The molecule has 7 heteroatoms. The van der Waals surface area contributed by atoms with E-state index in [4.69, 9.17) is 16.7 Å². The molecular formula is C11H16ClN3O3. The van der Waals surface area contributed by atoms with E-state index in [-0.39, 0.29) is 11.8 Å². The van der Waals surface area contributed by atoms with Crippen molar-refractivity contribution in [3.63, 3.8) is 0 Å². The lowest BCUT2D eigenvalue weighted by Gasteiger charge is -2.10. The number of anilines is 1. The maximum atomic E-state index is 10.5. The zero-order chi connectivity index (χ0) is 13.5. The Kier molecular flexibility index (Phi) is 5.84. The molecule has 1 aromatic carbocycles. The molecule has 1 rings (SSSR count). The number of hydrogen-bond acceptors (Lipinski definition) is 5. The molecule has 0 saturated heterocycles. The van der Waals surface area contributed by atoms with E-state index in [0.29, 0.717) is 30.3 Å². The van der Waals surface area contributed by atoms with Crippen molar-refractivity contribution in [2.45, 2.75) is 13.0 Å². The molecule has 6 nitrogen and oxygen atoms in total. The van der Waals surface area contributed by atoms with Crippen LogP contribution in [0.1, 0.15) is 6.92 Å². The van der Waals surface area contributed by atoms with Crippen LogP contribution in [0.4, 0.5) is 11.4 Å². The highest BCUT2D eigenvalue weighted by Crippen LogP contribution is 2.26. The van der Waals surface area contributed by atoms with Crippen molar-refractivity contribution in [1.82, 2.24) is 5.32 Å². The molecule has 1 aromatic rings. The van der Waals surface area contributed by atoms with E-state index in [9.17, 15) is 10.1 Å². The Bertz CT molecular complexity index is 413. The molecule has 0 radical (unpaired) electrons. The van der Waals surface area contributed by atoms with Gasteiger partial charge in [-0.15, -0.1) is 0 Å². The van der Waals surface area contributed by atoms with Gasteiger partial charge < -0.3 is 15.7 Å². The largest absolute Gasteiger partial charge is 0.392 e. The molecule has 0 saturated carbocycles. The second-order valence-electron chi connectivity index (χ2n) is 3.90. The van der Waals surface area contributed by atoms with Crippen LogP contribution in [0.15, 0.2) is 18.2 Å². The van der Waals surface area contributed by atoms with Gasteiger partial charge in [0.1, 0.15) is 0 Å². The quantitative estimate of drug-likeness (QED) is 0.399. The second-order valence-corrected chi connectivity index (χ2v) is 4.31. The Labute approximate surface area is 110 Å². The lowest BCUT2D eigenvalue weighted by atomic mass is 10.3. The van der Waals surface area contributed by atoms with Gasteiger partial charge in [-0.05, 0) is 13.0 Å². The van der Waals surface area contributed by atoms with Crippen LogP contribution in [0.2, 0.25) is 5.02 Å². The van der Waals surface area contributed by atoms with E-state index in [0.717, 1.165) is 0 Å². The molecule has 0 aliphatic heterocycles. The molecule has 0 fully saturated rings. The lowest BCUT2D eigenvalue weighted by molar-refractivity contribution is -0.384. The number of halogens is 1. The number of nitro groups is 1. The molecule has 1 atom stereocenters. The smallest absolute Gasteiger partial charge is 0.271 e. The first kappa shape index (κ1) is 14.7. The molecule has 18 heavy (non-hydrogen) atoms. The minimum absolute atomic E-state index is 0.0298. The summed E-state index contributed by atoms with van der Waals surface area (Å²) in [6, 6.07) is 4.29. The van der Waals surface area contributed by atoms with Crippen LogP contribution in [-0.4, -0.2) is 35.8 Å². The molecular weight excluding hydrogens is 258 g/mol. The lowest BCUT2D eigenvalue weighted by Crippen LogP contribution is -2.28. The fraction of sp³-hybridized carbons (Fsp3) is 0.455. The van der Waals surface area contributed by atoms with Crippen LogP contribution >= 0.6 is 11.6 Å². The third kappa shape index (κ3) is 4.87. The van der Waals surface area contributed by atoms with Gasteiger partial charge in [0.15, 0.2) is 0 Å². The topological polar surface area (TPSA) is 87.4 Å². The van der Waals surface area contributed by atoms with E-state index >= 15 is 0 Å². The molecule has 3 N–H and O–H groups in total. The van der Waals surface area contributed by atoms with Gasteiger partial charge in [0.25, 0.3) is 5.69 Å². The van der Waals surface area contributed by atoms with Crippen molar-refractivity contribution in [3.8, 4) is 0 Å². The maximum absolute atomic E-state index is 10.5. The van der Waals surface area contributed by atoms with Crippen LogP contribution in [0.3, 0.4) is 0 Å². The van der Waals surface area contributed by atoms with Gasteiger partial charge in [-0.25, -0.2) is 0 Å². The summed E-state index contributed by atoms with van der Waals surface area (Å²) in [5.74, 6) is 0. The number of nitro benzene ring substituents is 1. The molecule has 0 aromatic heterocycles. The summed E-state index contributed by atoms with van der Waals surface area (Å²) in [5, 5.41) is 26.0. The van der Waals surface area contributed by atoms with Gasteiger partial charge >= 0.3 is 0 Å². The highest BCUT2D eigenvalue weighted by molar-refractivity contribution is 6.33. The van der Waals surface area contributed by atoms with Gasteiger partial charge in [0.2, 0.25) is 0 Å². The highest BCUT2D eigenvalue weighted by atomic mass is 35.5. The number of aliphatic hydroxyl groups excluding tert-OH is 1. The Hall–Kier alpha value is -1.37. The first-order valence-electron chi connectivity index (χ1n) is 5.57. The predicted octanol–water partition coefficient (Wildman–Crippen LogP) is 1.63. The minimum atomic E-state index is -0.486. The SMILES string of the molecule is CC(O)CNCCNc1ccc([N+](=O)[O-])cc1Cl. The van der Waals surface area contributed by atoms with Crippen LogP contribution in [0.25, 0.3) is 0 Å². The number of hydrogen-bond donors (Lipinski definition) is 3. The van der Waals surface area contributed by atoms with Gasteiger partial charge in [-0.2, -0.15) is 0 Å². The number of aliphatic hydroxyl groups is 1. The third-order valence-electron chi connectivity index (χ3n) is 2.22. The normalized spacial score (nSPS) is 12.2. The van der Waals surface area contributed by atoms with E-state index in [1.165, 1.54) is 12.1 Å². The van der Waals surface area contributed by atoms with Crippen molar-refractivity contribution >= 4 is 23.0 Å². The molecule has 0 heterocycles. The fourth-order valence-electron chi connectivity index (χ4n) is 1.36. The highest BCUT2D eigenvalue weighted by Gasteiger charge is 2.08. The summed E-state index contributed by atoms with van der Waals surface area (Å²) in [4.78, 5) is 10.0. The van der Waals surface area contributed by atoms with E-state index in [1.807, 2.05) is 0 Å². The van der Waals surface area contributed by atoms with Crippen LogP contribution in [0.5, 0.6) is 0 Å². The molecule has 0 aliphatic rings. The standard InChI is InChI=1S/C11H16ClN3O3/c1-8(16)7-13-4-5-14-11-3-2-9(15(17)18)6-10(11)12/h2-3,6,8,13-14,16H,4-5,7H2,1H3. The van der Waals surface area contributed by atoms with Gasteiger partial charge in [-0.1, -0.05) is 11.6 Å². The average Bonchev–Trinajstić information content (AvgIpc) is 2.29. The van der Waals surface area contributed by atoms with Crippen LogP contribution < -0.4 is 10.6 Å². The van der Waals surface area contributed by atoms with Gasteiger partial charge in [-0.3, -0.25) is 10.1 Å². The summed E-state index contributed by atoms with van der Waals surface area (Å²) in [7, 11) is 0. The third-order valence-corrected chi connectivity index (χ3v) is 2.53. The second kappa shape index (κ2) is 7.15. The Morgan fingerprint density at radius 2 is 2.22 bits per heavy atom. The molecule has 1 unspecified atom stereocenters. The predicted molar refractivity (Wildman–Crippen MR) is 71.1 cm³/mol. The number of nitrogens with zero attached hydrogens (tertiary/aromatic N) is 1. The van der Waals surface area contributed by atoms with Crippen molar-refractivity contribution in [3.05, 3.63) is 33.3 Å². The van der Waals surface area contributed by atoms with E-state index in [2.05, 4.69) is 10.6 Å². The van der Waals surface area contributed by atoms with E-state index in [1.54, 1.807) is 13.0 Å².